The number of rotatable bonds is 9. The van der Waals surface area contributed by atoms with Gasteiger partial charge in [0.25, 0.3) is 11.4 Å². The van der Waals surface area contributed by atoms with Gasteiger partial charge in [-0.3, -0.25) is 0 Å². The topological polar surface area (TPSA) is 33.1 Å². The van der Waals surface area contributed by atoms with E-state index in [-0.39, 0.29) is 48.3 Å². The van der Waals surface area contributed by atoms with Crippen LogP contribution in [0.3, 0.4) is 0 Å². The predicted octanol–water partition coefficient (Wildman–Crippen LogP) is 20.3. The molecule has 83 heavy (non-hydrogen) atoms. The molecule has 1 aliphatic carbocycles. The van der Waals surface area contributed by atoms with Gasteiger partial charge < -0.3 is 9.30 Å². The number of hydrogen-bond donors (Lipinski definition) is 0. The molecule has 0 amide bonds. The van der Waals surface area contributed by atoms with E-state index in [1.165, 1.54) is 22.3 Å². The predicted molar refractivity (Wildman–Crippen MR) is 343 cm³/mol. The molecule has 0 fully saturated rings. The Balaban J connectivity index is 0.00000724. The van der Waals surface area contributed by atoms with Gasteiger partial charge in [-0.2, -0.15) is 12.1 Å². The van der Waals surface area contributed by atoms with Gasteiger partial charge in [-0.15, -0.1) is 23.6 Å². The molecule has 0 radical (unpaired) electrons. The molecule has 2 aromatic heterocycles. The molecule has 0 saturated carbocycles. The van der Waals surface area contributed by atoms with Crippen LogP contribution in [0.5, 0.6) is 11.5 Å². The zero-order chi connectivity index (χ0) is 59.4. The average Bonchev–Trinajstić information content (AvgIpc) is 1.33. The number of nitrogens with zero attached hydrogens (tertiary/aromatic N) is 4. The summed E-state index contributed by atoms with van der Waals surface area (Å²) >= 11 is 0. The number of para-hydroxylation sites is 3. The molecular formula is C77H70N4OPt+2. The van der Waals surface area contributed by atoms with Crippen LogP contribution in [-0.4, -0.2) is 15.6 Å². The number of aryl methyl sites for hydroxylation is 1. The second kappa shape index (κ2) is 20.9. The van der Waals surface area contributed by atoms with E-state index in [4.69, 9.17) is 13.8 Å². The minimum absolute atomic E-state index is 0. The first-order chi connectivity index (χ1) is 40.5. The van der Waals surface area contributed by atoms with Crippen LogP contribution < -0.4 is 13.9 Å². The van der Waals surface area contributed by atoms with Crippen molar-refractivity contribution in [3.63, 3.8) is 0 Å². The summed E-state index contributed by atoms with van der Waals surface area (Å²) in [6.45, 7) is 20.1. The van der Waals surface area contributed by atoms with E-state index in [0.29, 0.717) is 28.4 Å². The zero-order valence-electron chi connectivity index (χ0n) is 52.0. The number of fused-ring (bicyclic) bond motifs is 5. The fraction of sp³-hybridized carbons (Fsp3) is 0.221. The Kier molecular flexibility index (Phi) is 13.0. The molecule has 0 spiro atoms. The van der Waals surface area contributed by atoms with Gasteiger partial charge in [0.15, 0.2) is 0 Å². The van der Waals surface area contributed by atoms with Crippen LogP contribution in [0.15, 0.2) is 200 Å². The van der Waals surface area contributed by atoms with Crippen molar-refractivity contribution in [3.05, 3.63) is 240 Å². The van der Waals surface area contributed by atoms with Gasteiger partial charge in [0, 0.05) is 45.0 Å². The summed E-state index contributed by atoms with van der Waals surface area (Å²) in [5.41, 5.74) is 18.2. The van der Waals surface area contributed by atoms with Crippen molar-refractivity contribution in [2.45, 2.75) is 111 Å². The summed E-state index contributed by atoms with van der Waals surface area (Å²) in [5, 5.41) is 1.94. The third-order valence-corrected chi connectivity index (χ3v) is 17.1. The molecule has 412 valence electrons. The van der Waals surface area contributed by atoms with E-state index in [0.717, 1.165) is 90.8 Å². The monoisotopic (exact) mass is 1260 g/mol. The van der Waals surface area contributed by atoms with E-state index in [1.54, 1.807) is 12.3 Å². The summed E-state index contributed by atoms with van der Waals surface area (Å²) in [5.74, 6) is 1.46. The largest absolute Gasteiger partial charge is 2.00 e. The summed E-state index contributed by atoms with van der Waals surface area (Å²) in [6, 6.07) is 79.1. The van der Waals surface area contributed by atoms with Crippen LogP contribution in [-0.2, 0) is 42.7 Å². The molecule has 1 aliphatic heterocycles. The Morgan fingerprint density at radius 3 is 1.88 bits per heavy atom. The quantitative estimate of drug-likeness (QED) is 0.107. The molecule has 0 atom stereocenters. The second-order valence-corrected chi connectivity index (χ2v) is 25.7. The van der Waals surface area contributed by atoms with Gasteiger partial charge in [0.1, 0.15) is 11.5 Å². The molecule has 0 saturated heterocycles. The van der Waals surface area contributed by atoms with Gasteiger partial charge in [-0.1, -0.05) is 213 Å². The van der Waals surface area contributed by atoms with Crippen molar-refractivity contribution >= 4 is 50.6 Å². The molecule has 3 heterocycles. The van der Waals surface area contributed by atoms with Crippen LogP contribution in [0, 0.1) is 19.0 Å². The summed E-state index contributed by atoms with van der Waals surface area (Å²) in [4.78, 5) is 5.22. The summed E-state index contributed by atoms with van der Waals surface area (Å²) in [6.07, 6.45) is 3.83. The van der Waals surface area contributed by atoms with Crippen molar-refractivity contribution in [2.24, 2.45) is 0 Å². The van der Waals surface area contributed by atoms with Crippen molar-refractivity contribution in [3.8, 4) is 61.8 Å². The van der Waals surface area contributed by atoms with Gasteiger partial charge in [0.05, 0.1) is 11.1 Å². The maximum absolute atomic E-state index is 9.08. The maximum atomic E-state index is 9.08. The normalized spacial score (nSPS) is 15.1. The van der Waals surface area contributed by atoms with Crippen LogP contribution in [0.1, 0.15) is 114 Å². The number of pyridine rings is 1. The Hall–Kier alpha value is -8.20. The van der Waals surface area contributed by atoms with Crippen LogP contribution in [0.2, 0.25) is 0 Å². The minimum atomic E-state index is -2.45. The Morgan fingerprint density at radius 2 is 1.16 bits per heavy atom. The first-order valence-corrected chi connectivity index (χ1v) is 28.7. The standard InChI is InChI=1S/C77H70N4O.Pt/c1-50-41-71(78-48-65(50)64-31-22-32-66-72(64)77(10,11)40-39-76(66,8)9)81-69-45-55(74(2,3)4)35-37-62(69)63-38-36-59(47-70(63)81)82-58-28-20-27-57(46-58)79-49-80(68-34-19-18-33-67(68)79)73-60(52-25-16-13-17-26-52)29-21-30-61(73)54-42-53(51-23-14-12-15-24-51)43-56(44-54)75(5,6)7;/h12-38,41-45,48H,39-40H2,1-11H3;/q;+2/i1D3;. The Bertz CT molecular complexity index is 4550. The SMILES string of the molecule is [2H]C([2H])([2H])c1cc(-n2c3[c-]c(Oc4[c-]c([N+]5=C=[N+](c6c(-c7ccccc7)cccc6-c6cc(-c7ccccc7)cc(C(C)(C)C)c6)c6ccccc65)ccc4)ccc3c3ccc(C(C)(C)C)cc32)ncc1-c1cccc2c1C(C)(C)CCC2(C)C.[Pt+2]. The fourth-order valence-electron chi connectivity index (χ4n) is 12.5. The Morgan fingerprint density at radius 1 is 0.542 bits per heavy atom. The van der Waals surface area contributed by atoms with Crippen molar-refractivity contribution in [2.75, 3.05) is 0 Å². The van der Waals surface area contributed by atoms with Crippen LogP contribution in [0.4, 0.5) is 22.7 Å². The Labute approximate surface area is 508 Å². The first-order valence-electron chi connectivity index (χ1n) is 30.2. The average molecular weight is 1270 g/mol. The molecule has 2 aliphatic rings. The van der Waals surface area contributed by atoms with Gasteiger partial charge >= 0.3 is 27.1 Å². The smallest absolute Gasteiger partial charge is 0.509 e. The van der Waals surface area contributed by atoms with Gasteiger partial charge in [0.2, 0.25) is 5.69 Å². The fourth-order valence-corrected chi connectivity index (χ4v) is 12.5. The van der Waals surface area contributed by atoms with E-state index < -0.39 is 6.85 Å². The summed E-state index contributed by atoms with van der Waals surface area (Å²) < 4.78 is 40.4. The third kappa shape index (κ3) is 10.0. The van der Waals surface area contributed by atoms with Gasteiger partial charge in [-0.25, -0.2) is 4.98 Å². The molecule has 9 aromatic carbocycles. The molecule has 6 heteroatoms. The molecule has 11 aromatic rings. The maximum Gasteiger partial charge on any atom is 2.00 e. The number of benzene rings is 9. The van der Waals surface area contributed by atoms with E-state index in [9.17, 15) is 0 Å². The molecule has 0 N–H and O–H groups in total. The van der Waals surface area contributed by atoms with Crippen molar-refractivity contribution in [1.29, 1.82) is 0 Å². The van der Waals surface area contributed by atoms with Crippen LogP contribution in [0.25, 0.3) is 72.1 Å². The molecule has 0 unspecified atom stereocenters. The first kappa shape index (κ1) is 51.7. The van der Waals surface area contributed by atoms with Crippen molar-refractivity contribution in [1.82, 2.24) is 18.7 Å². The molecule has 5 nitrogen and oxygen atoms in total. The number of ether oxygens (including phenoxy) is 1. The molecule has 0 bridgehead atoms. The number of hydrogen-bond acceptors (Lipinski definition) is 2. The zero-order valence-corrected chi connectivity index (χ0v) is 51.3. The molecule has 13 rings (SSSR count). The van der Waals surface area contributed by atoms with E-state index >= 15 is 0 Å². The van der Waals surface area contributed by atoms with Crippen molar-refractivity contribution < 1.29 is 29.9 Å². The number of aromatic nitrogens is 2. The third-order valence-electron chi connectivity index (χ3n) is 17.1. The second-order valence-electron chi connectivity index (χ2n) is 25.7. The molecular weight excluding hydrogens is 1190 g/mol. The van der Waals surface area contributed by atoms with E-state index in [2.05, 4.69) is 265 Å². The van der Waals surface area contributed by atoms with Gasteiger partial charge in [-0.05, 0) is 137 Å². The summed E-state index contributed by atoms with van der Waals surface area (Å²) in [7, 11) is 0. The minimum Gasteiger partial charge on any atom is -0.509 e. The van der Waals surface area contributed by atoms with E-state index in [1.807, 2.05) is 24.3 Å². The van der Waals surface area contributed by atoms with Crippen LogP contribution >= 0.6 is 0 Å².